The summed E-state index contributed by atoms with van der Waals surface area (Å²) in [6.07, 6.45) is 3.64. The Hall–Kier alpha value is -2.60. The molecule has 6 nitrogen and oxygen atoms in total. The summed E-state index contributed by atoms with van der Waals surface area (Å²) in [7, 11) is 0. The van der Waals surface area contributed by atoms with Crippen molar-refractivity contribution in [2.75, 3.05) is 39.3 Å². The van der Waals surface area contributed by atoms with Crippen LogP contribution in [0.1, 0.15) is 37.8 Å². The Balaban J connectivity index is 1.32. The summed E-state index contributed by atoms with van der Waals surface area (Å²) in [6.45, 7) is 7.86. The Morgan fingerprint density at radius 1 is 1.03 bits per heavy atom. The number of carbonyl (C=O) groups excluding carboxylic acids is 1. The highest BCUT2D eigenvalue weighted by molar-refractivity contribution is 5.73. The summed E-state index contributed by atoms with van der Waals surface area (Å²) in [5, 5.41) is 0. The summed E-state index contributed by atoms with van der Waals surface area (Å²) in [5.74, 6) is 1.60. The average molecular weight is 422 g/mol. The number of hydrogen-bond donors (Lipinski definition) is 0. The van der Waals surface area contributed by atoms with Crippen molar-refractivity contribution in [3.8, 4) is 16.9 Å². The van der Waals surface area contributed by atoms with Crippen LogP contribution in [0.25, 0.3) is 11.1 Å². The highest BCUT2D eigenvalue weighted by atomic mass is 16.5. The van der Waals surface area contributed by atoms with Gasteiger partial charge in [0, 0.05) is 50.8 Å². The molecule has 0 radical (unpaired) electrons. The number of piperidine rings is 1. The van der Waals surface area contributed by atoms with E-state index < -0.39 is 0 Å². The predicted molar refractivity (Wildman–Crippen MR) is 120 cm³/mol. The maximum Gasteiger partial charge on any atom is 0.251 e. The van der Waals surface area contributed by atoms with Gasteiger partial charge in [-0.1, -0.05) is 12.1 Å². The maximum atomic E-state index is 12.9. The molecule has 3 aliphatic heterocycles. The lowest BCUT2D eigenvalue weighted by Gasteiger charge is -2.42. The van der Waals surface area contributed by atoms with Crippen LogP contribution in [0, 0.1) is 5.92 Å². The number of rotatable bonds is 5. The molecule has 2 aromatic rings. The third-order valence-corrected chi connectivity index (χ3v) is 7.06. The van der Waals surface area contributed by atoms with E-state index in [1.807, 2.05) is 33.7 Å². The molecule has 0 spiro atoms. The number of aromatic nitrogens is 1. The molecule has 0 aliphatic carbocycles. The molecule has 5 rings (SSSR count). The van der Waals surface area contributed by atoms with Gasteiger partial charge in [-0.15, -0.1) is 0 Å². The van der Waals surface area contributed by atoms with Gasteiger partial charge in [0.15, 0.2) is 0 Å². The fraction of sp³-hybridized carbons (Fsp3) is 0.520. The third kappa shape index (κ3) is 4.26. The topological polar surface area (TPSA) is 54.8 Å². The van der Waals surface area contributed by atoms with Crippen molar-refractivity contribution in [2.45, 2.75) is 38.6 Å². The lowest BCUT2D eigenvalue weighted by Crippen LogP contribution is -2.48. The lowest BCUT2D eigenvalue weighted by atomic mass is 9.82. The van der Waals surface area contributed by atoms with Gasteiger partial charge in [-0.3, -0.25) is 14.5 Å². The Morgan fingerprint density at radius 2 is 1.81 bits per heavy atom. The van der Waals surface area contributed by atoms with E-state index in [1.54, 1.807) is 13.0 Å². The summed E-state index contributed by atoms with van der Waals surface area (Å²) in [5.41, 5.74) is 3.09. The molecule has 164 valence electrons. The number of pyridine rings is 1. The zero-order chi connectivity index (χ0) is 21.4. The van der Waals surface area contributed by atoms with Crippen molar-refractivity contribution in [2.24, 2.45) is 5.92 Å². The van der Waals surface area contributed by atoms with Crippen molar-refractivity contribution < 1.29 is 9.53 Å². The van der Waals surface area contributed by atoms with Crippen LogP contribution < -0.4 is 10.3 Å². The first-order valence-corrected chi connectivity index (χ1v) is 11.5. The summed E-state index contributed by atoms with van der Waals surface area (Å²) in [4.78, 5) is 29.2. The van der Waals surface area contributed by atoms with Gasteiger partial charge in [0.05, 0.1) is 0 Å². The van der Waals surface area contributed by atoms with Gasteiger partial charge >= 0.3 is 0 Å². The standard InChI is InChI=1S/C25H31N3O3/c1-18(29)27-15-19-12-22(17-27)24-13-21(14-25(30)28(24)16-19)20-4-6-23(7-5-20)31-11-10-26-8-2-3-9-26/h4-7,13-14,19,22H,2-3,8-12,15-17H2,1H3/t19-,22+/m0/s1. The molecule has 0 N–H and O–H groups in total. The fourth-order valence-corrected chi connectivity index (χ4v) is 5.43. The molecule has 0 unspecified atom stereocenters. The van der Waals surface area contributed by atoms with Gasteiger partial charge in [0.1, 0.15) is 12.4 Å². The maximum absolute atomic E-state index is 12.9. The molecule has 2 bridgehead atoms. The molecule has 2 saturated heterocycles. The molecular formula is C25H31N3O3. The van der Waals surface area contributed by atoms with Crippen LogP contribution in [0.5, 0.6) is 5.75 Å². The normalized spacial score (nSPS) is 22.9. The van der Waals surface area contributed by atoms with Gasteiger partial charge in [-0.25, -0.2) is 0 Å². The zero-order valence-electron chi connectivity index (χ0n) is 18.3. The molecule has 1 aromatic heterocycles. The first kappa shape index (κ1) is 20.3. The number of nitrogens with zero attached hydrogens (tertiary/aromatic N) is 3. The number of benzene rings is 1. The van der Waals surface area contributed by atoms with Crippen LogP contribution in [0.3, 0.4) is 0 Å². The van der Waals surface area contributed by atoms with Crippen molar-refractivity contribution in [3.05, 3.63) is 52.4 Å². The third-order valence-electron chi connectivity index (χ3n) is 7.06. The van der Waals surface area contributed by atoms with Crippen molar-refractivity contribution in [3.63, 3.8) is 0 Å². The molecule has 2 fully saturated rings. The van der Waals surface area contributed by atoms with Crippen LogP contribution in [-0.4, -0.2) is 59.6 Å². The van der Waals surface area contributed by atoms with Gasteiger partial charge in [0.25, 0.3) is 5.56 Å². The first-order valence-electron chi connectivity index (χ1n) is 11.5. The van der Waals surface area contributed by atoms with Gasteiger partial charge in [-0.2, -0.15) is 0 Å². The van der Waals surface area contributed by atoms with E-state index in [-0.39, 0.29) is 17.4 Å². The van der Waals surface area contributed by atoms with E-state index in [4.69, 9.17) is 4.74 Å². The van der Waals surface area contributed by atoms with Crippen LogP contribution >= 0.6 is 0 Å². The molecular weight excluding hydrogens is 390 g/mol. The van der Waals surface area contributed by atoms with E-state index in [0.717, 1.165) is 42.1 Å². The Kier molecular flexibility index (Phi) is 5.57. The van der Waals surface area contributed by atoms with Crippen molar-refractivity contribution in [1.29, 1.82) is 0 Å². The number of ether oxygens (including phenoxy) is 1. The molecule has 6 heteroatoms. The summed E-state index contributed by atoms with van der Waals surface area (Å²) in [6, 6.07) is 11.9. The zero-order valence-corrected chi connectivity index (χ0v) is 18.3. The lowest BCUT2D eigenvalue weighted by molar-refractivity contribution is -0.131. The van der Waals surface area contributed by atoms with E-state index in [0.29, 0.717) is 25.6 Å². The minimum absolute atomic E-state index is 0.0596. The van der Waals surface area contributed by atoms with E-state index in [9.17, 15) is 9.59 Å². The first-order chi connectivity index (χ1) is 15.1. The van der Waals surface area contributed by atoms with Gasteiger partial charge in [-0.05, 0) is 67.6 Å². The Labute approximate surface area is 183 Å². The van der Waals surface area contributed by atoms with E-state index in [1.165, 1.54) is 25.9 Å². The number of amides is 1. The van der Waals surface area contributed by atoms with Crippen LogP contribution in [0.2, 0.25) is 0 Å². The van der Waals surface area contributed by atoms with E-state index in [2.05, 4.69) is 11.0 Å². The molecule has 31 heavy (non-hydrogen) atoms. The van der Waals surface area contributed by atoms with Gasteiger partial charge < -0.3 is 14.2 Å². The van der Waals surface area contributed by atoms with Crippen LogP contribution in [0.15, 0.2) is 41.2 Å². The quantitative estimate of drug-likeness (QED) is 0.745. The minimum atomic E-state index is 0.0596. The molecule has 1 aromatic carbocycles. The van der Waals surface area contributed by atoms with Crippen molar-refractivity contribution >= 4 is 5.91 Å². The van der Waals surface area contributed by atoms with E-state index >= 15 is 0 Å². The molecule has 4 heterocycles. The second kappa shape index (κ2) is 8.50. The van der Waals surface area contributed by atoms with Gasteiger partial charge in [0.2, 0.25) is 5.91 Å². The Morgan fingerprint density at radius 3 is 2.55 bits per heavy atom. The number of fused-ring (bicyclic) bond motifs is 4. The van der Waals surface area contributed by atoms with Crippen LogP contribution in [0.4, 0.5) is 0 Å². The highest BCUT2D eigenvalue weighted by Gasteiger charge is 2.35. The SMILES string of the molecule is CC(=O)N1C[C@@H]2C[C@H](C1)c1cc(-c3ccc(OCCN4CCCC4)cc3)cc(=O)n1C2. The predicted octanol–water partition coefficient (Wildman–Crippen LogP) is 2.96. The number of hydrogen-bond acceptors (Lipinski definition) is 4. The molecule has 1 amide bonds. The smallest absolute Gasteiger partial charge is 0.251 e. The fourth-order valence-electron chi connectivity index (χ4n) is 5.43. The molecule has 2 atom stereocenters. The second-order valence-corrected chi connectivity index (χ2v) is 9.26. The molecule has 0 saturated carbocycles. The Bertz CT molecular complexity index is 1010. The number of carbonyl (C=O) groups is 1. The summed E-state index contributed by atoms with van der Waals surface area (Å²) < 4.78 is 7.84. The van der Waals surface area contributed by atoms with Crippen LogP contribution in [-0.2, 0) is 11.3 Å². The van der Waals surface area contributed by atoms with Crippen molar-refractivity contribution in [1.82, 2.24) is 14.4 Å². The highest BCUT2D eigenvalue weighted by Crippen LogP contribution is 2.36. The number of likely N-dealkylation sites (tertiary alicyclic amines) is 2. The molecule has 3 aliphatic rings. The summed E-state index contributed by atoms with van der Waals surface area (Å²) >= 11 is 0. The average Bonchev–Trinajstić information content (AvgIpc) is 3.28. The minimum Gasteiger partial charge on any atom is -0.492 e. The monoisotopic (exact) mass is 421 g/mol. The second-order valence-electron chi connectivity index (χ2n) is 9.26. The largest absolute Gasteiger partial charge is 0.492 e.